The summed E-state index contributed by atoms with van der Waals surface area (Å²) < 4.78 is 5.29. The Hall–Kier alpha value is -1.76. The Bertz CT molecular complexity index is 520. The van der Waals surface area contributed by atoms with E-state index in [0.717, 1.165) is 11.4 Å². The number of aryl methyl sites for hydroxylation is 1. The van der Waals surface area contributed by atoms with Gasteiger partial charge in [-0.05, 0) is 13.3 Å². The van der Waals surface area contributed by atoms with Gasteiger partial charge in [0, 0.05) is 11.8 Å². The van der Waals surface area contributed by atoms with Crippen LogP contribution in [-0.2, 0) is 4.79 Å². The molecule has 0 aliphatic rings. The average molecular weight is 252 g/mol. The summed E-state index contributed by atoms with van der Waals surface area (Å²) in [7, 11) is 0. The van der Waals surface area contributed by atoms with Gasteiger partial charge in [-0.3, -0.25) is 10.1 Å². The summed E-state index contributed by atoms with van der Waals surface area (Å²) in [4.78, 5) is 15.5. The molecule has 7 heteroatoms. The summed E-state index contributed by atoms with van der Waals surface area (Å²) >= 11 is 1.50. The summed E-state index contributed by atoms with van der Waals surface area (Å²) in [6, 6.07) is 0.115. The molecule has 0 bridgehead atoms. The van der Waals surface area contributed by atoms with Crippen LogP contribution in [0.25, 0.3) is 11.6 Å². The predicted octanol–water partition coefficient (Wildman–Crippen LogP) is 2.24. The molecule has 0 saturated heterocycles. The molecule has 2 aromatic heterocycles. The van der Waals surface area contributed by atoms with E-state index in [0.29, 0.717) is 18.0 Å². The van der Waals surface area contributed by atoms with Crippen molar-refractivity contribution >= 4 is 23.3 Å². The zero-order valence-electron chi connectivity index (χ0n) is 9.56. The van der Waals surface area contributed by atoms with Crippen molar-refractivity contribution < 1.29 is 9.21 Å². The van der Waals surface area contributed by atoms with Crippen molar-refractivity contribution in [2.24, 2.45) is 0 Å². The van der Waals surface area contributed by atoms with Crippen LogP contribution in [0.2, 0.25) is 0 Å². The number of thiazole rings is 1. The van der Waals surface area contributed by atoms with Crippen molar-refractivity contribution in [1.29, 1.82) is 0 Å². The molecule has 0 radical (unpaired) electrons. The third-order valence-electron chi connectivity index (χ3n) is 1.99. The lowest BCUT2D eigenvalue weighted by Gasteiger charge is -1.96. The van der Waals surface area contributed by atoms with Crippen molar-refractivity contribution in [3.05, 3.63) is 10.4 Å². The van der Waals surface area contributed by atoms with Gasteiger partial charge in [-0.15, -0.1) is 16.4 Å². The fourth-order valence-corrected chi connectivity index (χ4v) is 1.83. The lowest BCUT2D eigenvalue weighted by atomic mass is 10.3. The fraction of sp³-hybridized carbons (Fsp3) is 0.400. The highest BCUT2D eigenvalue weighted by Crippen LogP contribution is 2.21. The van der Waals surface area contributed by atoms with Crippen LogP contribution < -0.4 is 5.32 Å². The molecule has 0 fully saturated rings. The Morgan fingerprint density at radius 2 is 2.35 bits per heavy atom. The zero-order chi connectivity index (χ0) is 12.3. The van der Waals surface area contributed by atoms with Crippen LogP contribution in [0.5, 0.6) is 0 Å². The van der Waals surface area contributed by atoms with Crippen LogP contribution >= 0.6 is 11.3 Å². The molecule has 0 unspecified atom stereocenters. The van der Waals surface area contributed by atoms with E-state index in [1.165, 1.54) is 11.3 Å². The first kappa shape index (κ1) is 11.7. The normalized spacial score (nSPS) is 10.5. The van der Waals surface area contributed by atoms with Gasteiger partial charge in [0.15, 0.2) is 0 Å². The number of amides is 1. The number of carbonyl (C=O) groups excluding carboxylic acids is 1. The molecule has 6 nitrogen and oxygen atoms in total. The molecule has 0 atom stereocenters. The first-order valence-electron chi connectivity index (χ1n) is 5.25. The largest absolute Gasteiger partial charge is 0.401 e. The van der Waals surface area contributed by atoms with Crippen molar-refractivity contribution in [2.45, 2.75) is 26.7 Å². The third kappa shape index (κ3) is 2.88. The molecule has 1 amide bonds. The van der Waals surface area contributed by atoms with Crippen LogP contribution in [0.3, 0.4) is 0 Å². The lowest BCUT2D eigenvalue weighted by Crippen LogP contribution is -2.10. The molecule has 2 rings (SSSR count). The van der Waals surface area contributed by atoms with E-state index in [4.69, 9.17) is 4.42 Å². The second kappa shape index (κ2) is 5.05. The Morgan fingerprint density at radius 3 is 3.00 bits per heavy atom. The van der Waals surface area contributed by atoms with Crippen LogP contribution in [0.4, 0.5) is 6.01 Å². The summed E-state index contributed by atoms with van der Waals surface area (Å²) in [5, 5.41) is 12.9. The minimum atomic E-state index is -0.128. The highest BCUT2D eigenvalue weighted by molar-refractivity contribution is 7.09. The average Bonchev–Trinajstić information content (AvgIpc) is 2.87. The minimum absolute atomic E-state index is 0.115. The van der Waals surface area contributed by atoms with Crippen molar-refractivity contribution in [1.82, 2.24) is 15.2 Å². The van der Waals surface area contributed by atoms with Gasteiger partial charge < -0.3 is 4.42 Å². The predicted molar refractivity (Wildman–Crippen MR) is 63.7 cm³/mol. The Morgan fingerprint density at radius 1 is 1.53 bits per heavy atom. The van der Waals surface area contributed by atoms with Crippen LogP contribution in [0.1, 0.15) is 24.8 Å². The second-order valence-electron chi connectivity index (χ2n) is 3.46. The van der Waals surface area contributed by atoms with E-state index >= 15 is 0 Å². The van der Waals surface area contributed by atoms with Crippen LogP contribution in [0, 0.1) is 6.92 Å². The van der Waals surface area contributed by atoms with Crippen molar-refractivity contribution in [3.8, 4) is 11.6 Å². The zero-order valence-corrected chi connectivity index (χ0v) is 10.4. The fourth-order valence-electron chi connectivity index (χ4n) is 1.25. The summed E-state index contributed by atoms with van der Waals surface area (Å²) in [5.41, 5.74) is 0.635. The number of hydrogen-bond donors (Lipinski definition) is 1. The molecule has 90 valence electrons. The molecule has 2 heterocycles. The number of nitrogens with one attached hydrogen (secondary N) is 1. The first-order valence-corrected chi connectivity index (χ1v) is 6.13. The maximum absolute atomic E-state index is 11.3. The number of aromatic nitrogens is 3. The van der Waals surface area contributed by atoms with Gasteiger partial charge in [0.1, 0.15) is 5.69 Å². The summed E-state index contributed by atoms with van der Waals surface area (Å²) in [6.07, 6.45) is 1.21. The molecule has 0 saturated carbocycles. The Balaban J connectivity index is 2.08. The van der Waals surface area contributed by atoms with E-state index in [1.54, 1.807) is 0 Å². The van der Waals surface area contributed by atoms with Crippen LogP contribution in [0.15, 0.2) is 9.80 Å². The van der Waals surface area contributed by atoms with Gasteiger partial charge in [-0.2, -0.15) is 0 Å². The van der Waals surface area contributed by atoms with Gasteiger partial charge in [0.05, 0.1) is 5.01 Å². The van der Waals surface area contributed by atoms with Gasteiger partial charge in [0.25, 0.3) is 5.89 Å². The topological polar surface area (TPSA) is 80.9 Å². The van der Waals surface area contributed by atoms with E-state index in [-0.39, 0.29) is 11.9 Å². The molecule has 17 heavy (non-hydrogen) atoms. The molecule has 0 spiro atoms. The first-order chi connectivity index (χ1) is 8.19. The molecule has 2 aromatic rings. The standard InChI is InChI=1S/C10H12N4O2S/c1-3-4-8(15)12-10-14-13-9(16-10)7-5-17-6(2)11-7/h5H,3-4H2,1-2H3,(H,12,14,15). The molecular weight excluding hydrogens is 240 g/mol. The van der Waals surface area contributed by atoms with Crippen molar-refractivity contribution in [3.63, 3.8) is 0 Å². The highest BCUT2D eigenvalue weighted by atomic mass is 32.1. The summed E-state index contributed by atoms with van der Waals surface area (Å²) in [5.74, 6) is 0.193. The van der Waals surface area contributed by atoms with Gasteiger partial charge in [-0.25, -0.2) is 4.98 Å². The minimum Gasteiger partial charge on any atom is -0.401 e. The maximum atomic E-state index is 11.3. The number of hydrogen-bond acceptors (Lipinski definition) is 6. The number of carbonyl (C=O) groups is 1. The molecule has 0 aliphatic carbocycles. The Labute approximate surface area is 102 Å². The van der Waals surface area contributed by atoms with E-state index in [2.05, 4.69) is 20.5 Å². The molecule has 1 N–H and O–H groups in total. The van der Waals surface area contributed by atoms with E-state index < -0.39 is 0 Å². The SMILES string of the molecule is CCCC(=O)Nc1nnc(-c2csc(C)n2)o1. The van der Waals surface area contributed by atoms with Crippen LogP contribution in [-0.4, -0.2) is 21.1 Å². The summed E-state index contributed by atoms with van der Waals surface area (Å²) in [6.45, 7) is 3.82. The second-order valence-corrected chi connectivity index (χ2v) is 4.52. The monoisotopic (exact) mass is 252 g/mol. The van der Waals surface area contributed by atoms with E-state index in [1.807, 2.05) is 19.2 Å². The van der Waals surface area contributed by atoms with Gasteiger partial charge in [-0.1, -0.05) is 12.0 Å². The Kier molecular flexibility index (Phi) is 3.48. The smallest absolute Gasteiger partial charge is 0.322 e. The molecule has 0 aromatic carbocycles. The molecule has 0 aliphatic heterocycles. The van der Waals surface area contributed by atoms with Gasteiger partial charge >= 0.3 is 6.01 Å². The van der Waals surface area contributed by atoms with Gasteiger partial charge in [0.2, 0.25) is 5.91 Å². The number of nitrogens with zero attached hydrogens (tertiary/aromatic N) is 3. The quantitative estimate of drug-likeness (QED) is 0.902. The van der Waals surface area contributed by atoms with Crippen molar-refractivity contribution in [2.75, 3.05) is 5.32 Å². The lowest BCUT2D eigenvalue weighted by molar-refractivity contribution is -0.116. The third-order valence-corrected chi connectivity index (χ3v) is 2.76. The number of anilines is 1. The highest BCUT2D eigenvalue weighted by Gasteiger charge is 2.12. The molecular formula is C10H12N4O2S. The maximum Gasteiger partial charge on any atom is 0.322 e. The van der Waals surface area contributed by atoms with E-state index in [9.17, 15) is 4.79 Å². The number of rotatable bonds is 4.